The zero-order valence-corrected chi connectivity index (χ0v) is 7.92. The highest BCUT2D eigenvalue weighted by molar-refractivity contribution is 7.79. The first kappa shape index (κ1) is 10.1. The molecule has 0 aromatic heterocycles. The van der Waals surface area contributed by atoms with E-state index < -0.39 is 11.1 Å². The minimum absolute atomic E-state index is 0.310. The summed E-state index contributed by atoms with van der Waals surface area (Å²) in [7, 11) is 0. The van der Waals surface area contributed by atoms with Gasteiger partial charge in [0, 0.05) is 12.6 Å². The van der Waals surface area contributed by atoms with Gasteiger partial charge in [-0.05, 0) is 25.9 Å². The van der Waals surface area contributed by atoms with Gasteiger partial charge >= 0.3 is 0 Å². The van der Waals surface area contributed by atoms with Gasteiger partial charge in [-0.3, -0.25) is 0 Å². The van der Waals surface area contributed by atoms with Gasteiger partial charge in [-0.25, -0.2) is 4.21 Å². The van der Waals surface area contributed by atoms with Gasteiger partial charge in [-0.15, -0.1) is 0 Å². The molecule has 1 aliphatic heterocycles. The lowest BCUT2D eigenvalue weighted by Gasteiger charge is -2.13. The molecule has 1 fully saturated rings. The Morgan fingerprint density at radius 3 is 2.92 bits per heavy atom. The van der Waals surface area contributed by atoms with Gasteiger partial charge in [0.1, 0.15) is 0 Å². The molecule has 1 heterocycles. The van der Waals surface area contributed by atoms with E-state index in [2.05, 4.69) is 4.90 Å². The van der Waals surface area contributed by atoms with Crippen molar-refractivity contribution in [1.82, 2.24) is 4.90 Å². The topological polar surface area (TPSA) is 66.6 Å². The number of likely N-dealkylation sites (tertiary alicyclic amines) is 1. The first-order valence-corrected chi connectivity index (χ1v) is 5.51. The highest BCUT2D eigenvalue weighted by Crippen LogP contribution is 2.06. The van der Waals surface area contributed by atoms with Gasteiger partial charge in [0.05, 0.1) is 5.75 Å². The Hall–Kier alpha value is 0.0300. The number of hydrogen-bond donors (Lipinski definition) is 2. The Labute approximate surface area is 75.4 Å². The summed E-state index contributed by atoms with van der Waals surface area (Å²) >= 11 is -1.63. The molecule has 1 saturated heterocycles. The molecule has 0 spiro atoms. The Bertz CT molecular complexity index is 165. The fourth-order valence-electron chi connectivity index (χ4n) is 1.48. The van der Waals surface area contributed by atoms with Crippen molar-refractivity contribution in [3.8, 4) is 0 Å². The van der Waals surface area contributed by atoms with Crippen LogP contribution in [0.4, 0.5) is 0 Å². The molecule has 0 amide bonds. The molecular weight excluding hydrogens is 176 g/mol. The van der Waals surface area contributed by atoms with Crippen LogP contribution in [0.15, 0.2) is 0 Å². The summed E-state index contributed by atoms with van der Waals surface area (Å²) in [5, 5.41) is 0. The molecule has 72 valence electrons. The molecule has 0 radical (unpaired) electrons. The summed E-state index contributed by atoms with van der Waals surface area (Å²) < 4.78 is 18.8. The number of nitrogens with two attached hydrogens (primary N) is 1. The van der Waals surface area contributed by atoms with E-state index in [0.717, 1.165) is 32.5 Å². The molecule has 3 N–H and O–H groups in total. The maximum atomic E-state index is 10.3. The van der Waals surface area contributed by atoms with Gasteiger partial charge in [-0.1, -0.05) is 0 Å². The van der Waals surface area contributed by atoms with E-state index >= 15 is 0 Å². The normalized spacial score (nSPS) is 27.7. The lowest BCUT2D eigenvalue weighted by molar-refractivity contribution is 0.335. The van der Waals surface area contributed by atoms with Gasteiger partial charge in [0.25, 0.3) is 0 Å². The van der Waals surface area contributed by atoms with Crippen molar-refractivity contribution in [2.75, 3.05) is 25.4 Å². The van der Waals surface area contributed by atoms with Gasteiger partial charge in [0.15, 0.2) is 11.1 Å². The summed E-state index contributed by atoms with van der Waals surface area (Å²) in [6.45, 7) is 2.89. The van der Waals surface area contributed by atoms with Gasteiger partial charge in [0.2, 0.25) is 0 Å². The molecule has 2 unspecified atom stereocenters. The van der Waals surface area contributed by atoms with Crippen molar-refractivity contribution in [1.29, 1.82) is 0 Å². The maximum absolute atomic E-state index is 10.3. The predicted molar refractivity (Wildman–Crippen MR) is 49.3 cm³/mol. The summed E-state index contributed by atoms with van der Waals surface area (Å²) in [6.07, 6.45) is 1.85. The van der Waals surface area contributed by atoms with Crippen LogP contribution in [-0.4, -0.2) is 45.1 Å². The van der Waals surface area contributed by atoms with Crippen LogP contribution < -0.4 is 5.73 Å². The average Bonchev–Trinajstić information content (AvgIpc) is 2.35. The van der Waals surface area contributed by atoms with Crippen LogP contribution in [0.3, 0.4) is 0 Å². The minimum Gasteiger partial charge on any atom is -0.326 e. The lowest BCUT2D eigenvalue weighted by atomic mass is 10.3. The number of hydrogen-bond acceptors (Lipinski definition) is 3. The molecule has 12 heavy (non-hydrogen) atoms. The van der Waals surface area contributed by atoms with Crippen LogP contribution in [0.1, 0.15) is 12.8 Å². The van der Waals surface area contributed by atoms with Gasteiger partial charge < -0.3 is 15.2 Å². The van der Waals surface area contributed by atoms with E-state index in [1.807, 2.05) is 0 Å². The SMILES string of the molecule is NC1CCN(CCCS(=O)O)C1. The molecule has 2 atom stereocenters. The quantitative estimate of drug-likeness (QED) is 0.596. The number of nitrogens with zero attached hydrogens (tertiary/aromatic N) is 1. The summed E-state index contributed by atoms with van der Waals surface area (Å²) in [5.41, 5.74) is 5.71. The van der Waals surface area contributed by atoms with Crippen LogP contribution in [-0.2, 0) is 11.1 Å². The molecular formula is C7H16N2O2S. The third-order valence-electron chi connectivity index (χ3n) is 2.10. The van der Waals surface area contributed by atoms with E-state index in [0.29, 0.717) is 11.8 Å². The molecule has 0 bridgehead atoms. The Morgan fingerprint density at radius 1 is 1.67 bits per heavy atom. The molecule has 0 aromatic carbocycles. The lowest BCUT2D eigenvalue weighted by Crippen LogP contribution is -2.27. The smallest absolute Gasteiger partial charge is 0.152 e. The van der Waals surface area contributed by atoms with Crippen molar-refractivity contribution >= 4 is 11.1 Å². The highest BCUT2D eigenvalue weighted by atomic mass is 32.2. The molecule has 5 heteroatoms. The van der Waals surface area contributed by atoms with E-state index in [1.165, 1.54) is 0 Å². The standard InChI is InChI=1S/C7H16N2O2S/c8-7-2-4-9(6-7)3-1-5-12(10)11/h7H,1-6,8H2,(H,10,11). The Morgan fingerprint density at radius 2 is 2.42 bits per heavy atom. The highest BCUT2D eigenvalue weighted by Gasteiger charge is 2.17. The Balaban J connectivity index is 2.04. The third kappa shape index (κ3) is 3.62. The molecule has 0 saturated carbocycles. The van der Waals surface area contributed by atoms with Crippen LogP contribution in [0.2, 0.25) is 0 Å². The second-order valence-corrected chi connectivity index (χ2v) is 4.28. The zero-order valence-electron chi connectivity index (χ0n) is 7.11. The van der Waals surface area contributed by atoms with Crippen molar-refractivity contribution in [3.05, 3.63) is 0 Å². The fraction of sp³-hybridized carbons (Fsp3) is 1.00. The molecule has 4 nitrogen and oxygen atoms in total. The van der Waals surface area contributed by atoms with Crippen molar-refractivity contribution < 1.29 is 8.76 Å². The number of rotatable bonds is 4. The second kappa shape index (κ2) is 4.91. The average molecular weight is 192 g/mol. The predicted octanol–water partition coefficient (Wildman–Crippen LogP) is -0.369. The van der Waals surface area contributed by atoms with Crippen LogP contribution in [0.25, 0.3) is 0 Å². The maximum Gasteiger partial charge on any atom is 0.152 e. The summed E-state index contributed by atoms with van der Waals surface area (Å²) in [4.78, 5) is 2.25. The molecule has 0 aromatic rings. The van der Waals surface area contributed by atoms with Crippen molar-refractivity contribution in [2.24, 2.45) is 5.73 Å². The Kier molecular flexibility index (Phi) is 4.14. The first-order chi connectivity index (χ1) is 5.68. The van der Waals surface area contributed by atoms with Crippen LogP contribution in [0, 0.1) is 0 Å². The zero-order chi connectivity index (χ0) is 8.97. The van der Waals surface area contributed by atoms with Crippen molar-refractivity contribution in [2.45, 2.75) is 18.9 Å². The fourth-order valence-corrected chi connectivity index (χ4v) is 1.85. The molecule has 1 aliphatic rings. The monoisotopic (exact) mass is 192 g/mol. The third-order valence-corrected chi connectivity index (χ3v) is 2.74. The van der Waals surface area contributed by atoms with Crippen LogP contribution >= 0.6 is 0 Å². The van der Waals surface area contributed by atoms with E-state index in [-0.39, 0.29) is 0 Å². The second-order valence-electron chi connectivity index (χ2n) is 3.23. The largest absolute Gasteiger partial charge is 0.326 e. The summed E-state index contributed by atoms with van der Waals surface area (Å²) in [6, 6.07) is 0.310. The first-order valence-electron chi connectivity index (χ1n) is 4.24. The minimum atomic E-state index is -1.63. The summed E-state index contributed by atoms with van der Waals surface area (Å²) in [5.74, 6) is 0.381. The van der Waals surface area contributed by atoms with Gasteiger partial charge in [-0.2, -0.15) is 0 Å². The van der Waals surface area contributed by atoms with Crippen molar-refractivity contribution in [3.63, 3.8) is 0 Å². The van der Waals surface area contributed by atoms with E-state index in [4.69, 9.17) is 10.3 Å². The van der Waals surface area contributed by atoms with E-state index in [1.54, 1.807) is 0 Å². The van der Waals surface area contributed by atoms with E-state index in [9.17, 15) is 4.21 Å². The van der Waals surface area contributed by atoms with Crippen LogP contribution in [0.5, 0.6) is 0 Å². The molecule has 0 aliphatic carbocycles. The molecule has 1 rings (SSSR count).